The molecule has 0 aliphatic heterocycles. The van der Waals surface area contributed by atoms with E-state index in [0.29, 0.717) is 17.2 Å². The van der Waals surface area contributed by atoms with Crippen molar-refractivity contribution in [1.82, 2.24) is 0 Å². The molecule has 0 aliphatic carbocycles. The first kappa shape index (κ1) is 11.3. The molecule has 0 spiro atoms. The van der Waals surface area contributed by atoms with Gasteiger partial charge in [0.05, 0.1) is 0 Å². The molecule has 0 saturated heterocycles. The molecule has 17 heavy (non-hydrogen) atoms. The van der Waals surface area contributed by atoms with Gasteiger partial charge in [-0.1, -0.05) is 0 Å². The van der Waals surface area contributed by atoms with Crippen LogP contribution in [0, 0.1) is 13.8 Å². The van der Waals surface area contributed by atoms with E-state index in [1.54, 1.807) is 36.4 Å². The van der Waals surface area contributed by atoms with Crippen LogP contribution >= 0.6 is 0 Å². The maximum Gasteiger partial charge on any atom is 0.128 e. The van der Waals surface area contributed by atoms with Crippen LogP contribution in [0.5, 0.6) is 23.0 Å². The summed E-state index contributed by atoms with van der Waals surface area (Å²) < 4.78 is 5.63. The van der Waals surface area contributed by atoms with Crippen molar-refractivity contribution in [2.75, 3.05) is 0 Å². The van der Waals surface area contributed by atoms with Crippen molar-refractivity contribution >= 4 is 0 Å². The standard InChI is InChI=1S/C14H14O3/c1-9-7-13(8-10(2)14(9)16)17-12-5-3-11(15)4-6-12/h3-8,15-16H,1-2H3. The Balaban J connectivity index is 2.27. The molecule has 3 heteroatoms. The summed E-state index contributed by atoms with van der Waals surface area (Å²) in [4.78, 5) is 0. The van der Waals surface area contributed by atoms with Crippen LogP contribution in [0.15, 0.2) is 36.4 Å². The number of hydrogen-bond donors (Lipinski definition) is 2. The first-order chi connectivity index (χ1) is 8.06. The van der Waals surface area contributed by atoms with E-state index in [-0.39, 0.29) is 5.75 Å². The Morgan fingerprint density at radius 1 is 0.824 bits per heavy atom. The molecule has 2 aromatic carbocycles. The molecule has 2 rings (SSSR count). The Hall–Kier alpha value is -2.16. The monoisotopic (exact) mass is 230 g/mol. The van der Waals surface area contributed by atoms with Crippen LogP contribution < -0.4 is 4.74 Å². The van der Waals surface area contributed by atoms with E-state index in [9.17, 15) is 5.11 Å². The first-order valence-corrected chi connectivity index (χ1v) is 5.33. The fraction of sp³-hybridized carbons (Fsp3) is 0.143. The Bertz CT molecular complexity index is 507. The molecular weight excluding hydrogens is 216 g/mol. The van der Waals surface area contributed by atoms with Crippen LogP contribution in [0.1, 0.15) is 11.1 Å². The maximum absolute atomic E-state index is 9.64. The third kappa shape index (κ3) is 2.50. The van der Waals surface area contributed by atoms with Crippen molar-refractivity contribution in [1.29, 1.82) is 0 Å². The van der Waals surface area contributed by atoms with Crippen molar-refractivity contribution in [3.63, 3.8) is 0 Å². The van der Waals surface area contributed by atoms with E-state index >= 15 is 0 Å². The molecular formula is C14H14O3. The number of phenols is 2. The average Bonchev–Trinajstić information content (AvgIpc) is 2.29. The minimum atomic E-state index is 0.204. The van der Waals surface area contributed by atoms with Gasteiger partial charge in [0.2, 0.25) is 0 Å². The van der Waals surface area contributed by atoms with Gasteiger partial charge in [-0.25, -0.2) is 0 Å². The first-order valence-electron chi connectivity index (χ1n) is 5.33. The third-order valence-corrected chi connectivity index (χ3v) is 2.54. The van der Waals surface area contributed by atoms with E-state index < -0.39 is 0 Å². The molecule has 0 aliphatic rings. The van der Waals surface area contributed by atoms with Crippen molar-refractivity contribution in [3.05, 3.63) is 47.5 Å². The molecule has 0 radical (unpaired) electrons. The number of rotatable bonds is 2. The summed E-state index contributed by atoms with van der Waals surface area (Å²) in [6.45, 7) is 3.65. The Morgan fingerprint density at radius 3 is 1.88 bits per heavy atom. The second-order valence-electron chi connectivity index (χ2n) is 4.00. The lowest BCUT2D eigenvalue weighted by atomic mass is 10.1. The molecule has 0 amide bonds. The van der Waals surface area contributed by atoms with Gasteiger partial charge in [-0.15, -0.1) is 0 Å². The van der Waals surface area contributed by atoms with Crippen LogP contribution in [0.3, 0.4) is 0 Å². The average molecular weight is 230 g/mol. The van der Waals surface area contributed by atoms with E-state index in [4.69, 9.17) is 9.84 Å². The molecule has 0 bridgehead atoms. The Morgan fingerprint density at radius 2 is 1.35 bits per heavy atom. The zero-order valence-electron chi connectivity index (χ0n) is 9.77. The minimum absolute atomic E-state index is 0.204. The lowest BCUT2D eigenvalue weighted by molar-refractivity contribution is 0.454. The number of benzene rings is 2. The lowest BCUT2D eigenvalue weighted by Crippen LogP contribution is -1.87. The summed E-state index contributed by atoms with van der Waals surface area (Å²) in [6.07, 6.45) is 0. The number of aromatic hydroxyl groups is 2. The summed E-state index contributed by atoms with van der Waals surface area (Å²) in [5, 5.41) is 18.8. The largest absolute Gasteiger partial charge is 0.508 e. The van der Waals surface area contributed by atoms with Crippen molar-refractivity contribution in [2.24, 2.45) is 0 Å². The van der Waals surface area contributed by atoms with Crippen molar-refractivity contribution in [2.45, 2.75) is 13.8 Å². The van der Waals surface area contributed by atoms with E-state index in [2.05, 4.69) is 0 Å². The van der Waals surface area contributed by atoms with E-state index in [1.165, 1.54) is 0 Å². The van der Waals surface area contributed by atoms with Crippen molar-refractivity contribution in [3.8, 4) is 23.0 Å². The number of phenolic OH excluding ortho intramolecular Hbond substituents is 2. The molecule has 88 valence electrons. The van der Waals surface area contributed by atoms with Crippen LogP contribution in [0.4, 0.5) is 0 Å². The second kappa shape index (κ2) is 4.37. The molecule has 0 saturated carbocycles. The summed E-state index contributed by atoms with van der Waals surface area (Å²) in [7, 11) is 0. The highest BCUT2D eigenvalue weighted by Gasteiger charge is 2.05. The highest BCUT2D eigenvalue weighted by atomic mass is 16.5. The number of aryl methyl sites for hydroxylation is 2. The SMILES string of the molecule is Cc1cc(Oc2ccc(O)cc2)cc(C)c1O. The zero-order chi connectivity index (χ0) is 12.4. The van der Waals surface area contributed by atoms with Crippen LogP contribution in [0.2, 0.25) is 0 Å². The molecule has 0 fully saturated rings. The van der Waals surface area contributed by atoms with Gasteiger partial charge in [-0.05, 0) is 61.4 Å². The second-order valence-corrected chi connectivity index (χ2v) is 4.00. The molecule has 2 N–H and O–H groups in total. The van der Waals surface area contributed by atoms with Gasteiger partial charge in [-0.3, -0.25) is 0 Å². The van der Waals surface area contributed by atoms with Gasteiger partial charge < -0.3 is 14.9 Å². The Kier molecular flexibility index (Phi) is 2.91. The summed E-state index contributed by atoms with van der Waals surface area (Å²) >= 11 is 0. The van der Waals surface area contributed by atoms with E-state index in [0.717, 1.165) is 11.1 Å². The summed E-state index contributed by atoms with van der Waals surface area (Å²) in [6, 6.07) is 10.1. The lowest BCUT2D eigenvalue weighted by Gasteiger charge is -2.09. The van der Waals surface area contributed by atoms with Crippen LogP contribution in [-0.4, -0.2) is 10.2 Å². The highest BCUT2D eigenvalue weighted by molar-refractivity contribution is 5.46. The topological polar surface area (TPSA) is 49.7 Å². The number of ether oxygens (including phenoxy) is 1. The van der Waals surface area contributed by atoms with Gasteiger partial charge in [0.1, 0.15) is 23.0 Å². The maximum atomic E-state index is 9.64. The van der Waals surface area contributed by atoms with Gasteiger partial charge in [0, 0.05) is 0 Å². The predicted octanol–water partition coefficient (Wildman–Crippen LogP) is 3.51. The molecule has 0 aromatic heterocycles. The summed E-state index contributed by atoms with van der Waals surface area (Å²) in [5.74, 6) is 1.81. The van der Waals surface area contributed by atoms with Crippen LogP contribution in [0.25, 0.3) is 0 Å². The minimum Gasteiger partial charge on any atom is -0.508 e. The van der Waals surface area contributed by atoms with Gasteiger partial charge in [0.25, 0.3) is 0 Å². The highest BCUT2D eigenvalue weighted by Crippen LogP contribution is 2.30. The fourth-order valence-corrected chi connectivity index (χ4v) is 1.63. The van der Waals surface area contributed by atoms with Gasteiger partial charge in [0.15, 0.2) is 0 Å². The predicted molar refractivity (Wildman–Crippen MR) is 65.8 cm³/mol. The van der Waals surface area contributed by atoms with Gasteiger partial charge in [-0.2, -0.15) is 0 Å². The Labute approximate surface area is 99.9 Å². The molecule has 0 heterocycles. The normalized spacial score (nSPS) is 10.2. The van der Waals surface area contributed by atoms with Gasteiger partial charge >= 0.3 is 0 Å². The molecule has 0 unspecified atom stereocenters. The summed E-state index contributed by atoms with van der Waals surface area (Å²) in [5.41, 5.74) is 1.55. The van der Waals surface area contributed by atoms with Crippen molar-refractivity contribution < 1.29 is 14.9 Å². The zero-order valence-corrected chi connectivity index (χ0v) is 9.77. The molecule has 2 aromatic rings. The molecule has 3 nitrogen and oxygen atoms in total. The molecule has 0 atom stereocenters. The van der Waals surface area contributed by atoms with E-state index in [1.807, 2.05) is 13.8 Å². The third-order valence-electron chi connectivity index (χ3n) is 2.54. The fourth-order valence-electron chi connectivity index (χ4n) is 1.63. The quantitative estimate of drug-likeness (QED) is 0.830. The van der Waals surface area contributed by atoms with Crippen LogP contribution in [-0.2, 0) is 0 Å². The number of hydrogen-bond acceptors (Lipinski definition) is 3. The smallest absolute Gasteiger partial charge is 0.128 e.